The van der Waals surface area contributed by atoms with E-state index in [-0.39, 0.29) is 0 Å². The molecule has 1 aliphatic rings. The number of halogens is 3. The summed E-state index contributed by atoms with van der Waals surface area (Å²) in [4.78, 5) is 6.80. The third kappa shape index (κ3) is 3.16. The van der Waals surface area contributed by atoms with E-state index in [0.717, 1.165) is 36.7 Å². The smallest absolute Gasteiger partial charge is 0.204 e. The Morgan fingerprint density at radius 3 is 2.76 bits per heavy atom. The van der Waals surface area contributed by atoms with Gasteiger partial charge in [-0.2, -0.15) is 0 Å². The van der Waals surface area contributed by atoms with Gasteiger partial charge in [-0.3, -0.25) is 4.90 Å². The molecule has 1 aromatic carbocycles. The number of benzene rings is 1. The molecule has 0 bridgehead atoms. The molecule has 21 heavy (non-hydrogen) atoms. The van der Waals surface area contributed by atoms with Crippen LogP contribution >= 0.6 is 34.8 Å². The zero-order valence-electron chi connectivity index (χ0n) is 12.0. The number of rotatable bonds is 4. The lowest BCUT2D eigenvalue weighted by atomic mass is 10.0. The van der Waals surface area contributed by atoms with Gasteiger partial charge in [0.2, 0.25) is 5.28 Å². The van der Waals surface area contributed by atoms with E-state index < -0.39 is 0 Å². The number of nitrogens with zero attached hydrogens (tertiary/aromatic N) is 3. The first-order valence-corrected chi connectivity index (χ1v) is 8.45. The van der Waals surface area contributed by atoms with Crippen LogP contribution < -0.4 is 0 Å². The largest absolute Gasteiger partial charge is 0.301 e. The Morgan fingerprint density at radius 2 is 2.00 bits per heavy atom. The highest BCUT2D eigenvalue weighted by molar-refractivity contribution is 6.42. The maximum atomic E-state index is 6.29. The second-order valence-electron chi connectivity index (χ2n) is 5.73. The molecule has 1 fully saturated rings. The molecule has 0 spiro atoms. The molecule has 0 saturated carbocycles. The fourth-order valence-corrected chi connectivity index (χ4v) is 3.66. The molecule has 1 saturated heterocycles. The minimum Gasteiger partial charge on any atom is -0.301 e. The van der Waals surface area contributed by atoms with Gasteiger partial charge in [-0.05, 0) is 42.5 Å². The summed E-state index contributed by atoms with van der Waals surface area (Å²) in [6, 6.07) is 3.61. The molecule has 0 N–H and O–H groups in total. The highest BCUT2D eigenvalue weighted by Gasteiger charge is 2.23. The summed E-state index contributed by atoms with van der Waals surface area (Å²) in [5.41, 5.74) is 1.73. The summed E-state index contributed by atoms with van der Waals surface area (Å²) in [5.74, 6) is 0.807. The lowest BCUT2D eigenvalue weighted by Crippen LogP contribution is -2.24. The van der Waals surface area contributed by atoms with Gasteiger partial charge >= 0.3 is 0 Å². The van der Waals surface area contributed by atoms with Gasteiger partial charge in [0.1, 0.15) is 0 Å². The third-order valence-corrected chi connectivity index (χ3v) is 5.16. The van der Waals surface area contributed by atoms with Crippen molar-refractivity contribution in [2.75, 3.05) is 13.1 Å². The zero-order chi connectivity index (χ0) is 15.0. The molecular formula is C15H18Cl3N3. The first-order chi connectivity index (χ1) is 10.1. The van der Waals surface area contributed by atoms with Crippen LogP contribution in [0.15, 0.2) is 12.1 Å². The van der Waals surface area contributed by atoms with Crippen LogP contribution in [0.4, 0.5) is 0 Å². The van der Waals surface area contributed by atoms with Crippen molar-refractivity contribution in [2.45, 2.75) is 32.9 Å². The first kappa shape index (κ1) is 15.4. The van der Waals surface area contributed by atoms with Crippen LogP contribution in [-0.4, -0.2) is 27.5 Å². The summed E-state index contributed by atoms with van der Waals surface area (Å²) in [6.07, 6.45) is 3.82. The highest BCUT2D eigenvalue weighted by Crippen LogP contribution is 2.30. The normalized spacial score (nSPS) is 19.7. The Kier molecular flexibility index (Phi) is 4.65. The van der Waals surface area contributed by atoms with E-state index in [1.165, 1.54) is 19.3 Å². The summed E-state index contributed by atoms with van der Waals surface area (Å²) in [5, 5.41) is 1.53. The van der Waals surface area contributed by atoms with Crippen LogP contribution in [-0.2, 0) is 6.67 Å². The number of likely N-dealkylation sites (tertiary alicyclic amines) is 1. The van der Waals surface area contributed by atoms with Crippen LogP contribution in [0.1, 0.15) is 26.2 Å². The molecule has 0 amide bonds. The average molecular weight is 347 g/mol. The van der Waals surface area contributed by atoms with E-state index in [0.29, 0.717) is 15.3 Å². The van der Waals surface area contributed by atoms with Gasteiger partial charge in [0.25, 0.3) is 0 Å². The molecule has 1 unspecified atom stereocenters. The molecule has 1 aliphatic heterocycles. The minimum absolute atomic E-state index is 0.488. The van der Waals surface area contributed by atoms with Crippen LogP contribution in [0.25, 0.3) is 11.0 Å². The van der Waals surface area contributed by atoms with Crippen LogP contribution in [0, 0.1) is 5.92 Å². The monoisotopic (exact) mass is 345 g/mol. The Labute approximate surface area is 139 Å². The molecule has 0 radical (unpaired) electrons. The predicted molar refractivity (Wildman–Crippen MR) is 89.4 cm³/mol. The van der Waals surface area contributed by atoms with Gasteiger partial charge in [0.05, 0.1) is 27.7 Å². The van der Waals surface area contributed by atoms with Crippen molar-refractivity contribution in [3.8, 4) is 0 Å². The van der Waals surface area contributed by atoms with Gasteiger partial charge < -0.3 is 4.57 Å². The van der Waals surface area contributed by atoms with E-state index in [1.807, 2.05) is 10.6 Å². The van der Waals surface area contributed by atoms with Gasteiger partial charge in [0.15, 0.2) is 0 Å². The molecule has 2 heterocycles. The summed E-state index contributed by atoms with van der Waals surface area (Å²) < 4.78 is 2.01. The van der Waals surface area contributed by atoms with Crippen LogP contribution in [0.5, 0.6) is 0 Å². The second kappa shape index (κ2) is 6.33. The second-order valence-corrected chi connectivity index (χ2v) is 6.88. The molecule has 0 aliphatic carbocycles. The fraction of sp³-hybridized carbons (Fsp3) is 0.533. The van der Waals surface area contributed by atoms with E-state index in [2.05, 4.69) is 16.8 Å². The van der Waals surface area contributed by atoms with E-state index in [4.69, 9.17) is 34.8 Å². The van der Waals surface area contributed by atoms with Gasteiger partial charge in [-0.1, -0.05) is 36.5 Å². The predicted octanol–water partition coefficient (Wildman–Crippen LogP) is 5.08. The quantitative estimate of drug-likeness (QED) is 0.770. The summed E-state index contributed by atoms with van der Waals surface area (Å²) >= 11 is 18.4. The lowest BCUT2D eigenvalue weighted by molar-refractivity contribution is 0.261. The number of fused-ring (bicyclic) bond motifs is 1. The molecule has 6 heteroatoms. The first-order valence-electron chi connectivity index (χ1n) is 7.31. The standard InChI is InChI=1S/C15H18Cl3N3/c1-2-3-10-4-5-20(8-10)9-21-14-7-12(17)11(16)6-13(14)19-15(21)18/h6-7,10H,2-5,8-9H2,1H3. The highest BCUT2D eigenvalue weighted by atomic mass is 35.5. The number of hydrogen-bond acceptors (Lipinski definition) is 2. The van der Waals surface area contributed by atoms with Crippen molar-refractivity contribution in [2.24, 2.45) is 5.92 Å². The van der Waals surface area contributed by atoms with Crippen molar-refractivity contribution in [3.63, 3.8) is 0 Å². The van der Waals surface area contributed by atoms with Gasteiger partial charge in [-0.15, -0.1) is 0 Å². The average Bonchev–Trinajstić information content (AvgIpc) is 2.98. The van der Waals surface area contributed by atoms with E-state index >= 15 is 0 Å². The lowest BCUT2D eigenvalue weighted by Gasteiger charge is -2.18. The topological polar surface area (TPSA) is 21.1 Å². The maximum Gasteiger partial charge on any atom is 0.204 e. The molecule has 3 nitrogen and oxygen atoms in total. The molecule has 114 valence electrons. The Balaban J connectivity index is 1.84. The molecule has 1 atom stereocenters. The number of imidazole rings is 1. The summed E-state index contributed by atoms with van der Waals surface area (Å²) in [7, 11) is 0. The maximum absolute atomic E-state index is 6.29. The van der Waals surface area contributed by atoms with Crippen LogP contribution in [0.2, 0.25) is 15.3 Å². The van der Waals surface area contributed by atoms with Crippen molar-refractivity contribution in [1.29, 1.82) is 0 Å². The molecular weight excluding hydrogens is 329 g/mol. The molecule has 2 aromatic rings. The number of aromatic nitrogens is 2. The van der Waals surface area contributed by atoms with Gasteiger partial charge in [-0.25, -0.2) is 4.98 Å². The molecule has 3 rings (SSSR count). The van der Waals surface area contributed by atoms with Crippen molar-refractivity contribution in [3.05, 3.63) is 27.5 Å². The van der Waals surface area contributed by atoms with Crippen molar-refractivity contribution >= 4 is 45.8 Å². The van der Waals surface area contributed by atoms with E-state index in [9.17, 15) is 0 Å². The van der Waals surface area contributed by atoms with Crippen LogP contribution in [0.3, 0.4) is 0 Å². The summed E-state index contributed by atoms with van der Waals surface area (Å²) in [6.45, 7) is 5.25. The van der Waals surface area contributed by atoms with Crippen molar-refractivity contribution < 1.29 is 0 Å². The van der Waals surface area contributed by atoms with Crippen molar-refractivity contribution in [1.82, 2.24) is 14.5 Å². The Bertz CT molecular complexity index is 653. The van der Waals surface area contributed by atoms with Gasteiger partial charge in [0, 0.05) is 13.1 Å². The number of hydrogen-bond donors (Lipinski definition) is 0. The third-order valence-electron chi connectivity index (χ3n) is 4.15. The fourth-order valence-electron chi connectivity index (χ4n) is 3.11. The zero-order valence-corrected chi connectivity index (χ0v) is 14.2. The Morgan fingerprint density at radius 1 is 1.24 bits per heavy atom. The SMILES string of the molecule is CCCC1CCN(Cn2c(Cl)nc3cc(Cl)c(Cl)cc32)C1. The minimum atomic E-state index is 0.488. The Hall–Kier alpha value is -0.480. The van der Waals surface area contributed by atoms with E-state index in [1.54, 1.807) is 6.07 Å². The molecule has 1 aromatic heterocycles.